The molecule has 8 heteroatoms. The van der Waals surface area contributed by atoms with Gasteiger partial charge in [-0.2, -0.15) is 5.10 Å². The van der Waals surface area contributed by atoms with E-state index in [1.165, 1.54) is 0 Å². The average molecular weight is 419 g/mol. The molecule has 0 saturated carbocycles. The van der Waals surface area contributed by atoms with E-state index < -0.39 is 5.60 Å². The molecule has 0 saturated heterocycles. The van der Waals surface area contributed by atoms with Crippen LogP contribution in [0.15, 0.2) is 41.8 Å². The molecular weight excluding hydrogens is 392 g/mol. The van der Waals surface area contributed by atoms with Crippen LogP contribution in [-0.4, -0.2) is 46.3 Å². The van der Waals surface area contributed by atoms with Crippen LogP contribution in [0.5, 0.6) is 5.88 Å². The van der Waals surface area contributed by atoms with Crippen molar-refractivity contribution in [2.45, 2.75) is 46.8 Å². The molecule has 4 aromatic rings. The zero-order valence-electron chi connectivity index (χ0n) is 18.3. The molecule has 0 bridgehead atoms. The number of hydrogen-bond donors (Lipinski definition) is 3. The lowest BCUT2D eigenvalue weighted by Gasteiger charge is -2.17. The fourth-order valence-electron chi connectivity index (χ4n) is 3.63. The number of aliphatic imine (C=N–C) groups is 1. The van der Waals surface area contributed by atoms with Crippen LogP contribution in [0.25, 0.3) is 22.2 Å². The molecule has 0 unspecified atom stereocenters. The van der Waals surface area contributed by atoms with Crippen LogP contribution in [-0.2, 0) is 6.54 Å². The van der Waals surface area contributed by atoms with Gasteiger partial charge in [-0.25, -0.2) is 4.99 Å². The van der Waals surface area contributed by atoms with E-state index in [1.807, 2.05) is 39.0 Å². The van der Waals surface area contributed by atoms with Gasteiger partial charge in [-0.3, -0.25) is 14.6 Å². The molecule has 0 atom stereocenters. The Hall–Kier alpha value is -3.52. The molecule has 3 N–H and O–H groups in total. The van der Waals surface area contributed by atoms with Gasteiger partial charge in [0.15, 0.2) is 11.7 Å². The van der Waals surface area contributed by atoms with Crippen molar-refractivity contribution < 1.29 is 10.2 Å². The first-order valence-electron chi connectivity index (χ1n) is 10.1. The highest BCUT2D eigenvalue weighted by Crippen LogP contribution is 2.32. The summed E-state index contributed by atoms with van der Waals surface area (Å²) in [6, 6.07) is 5.73. The van der Waals surface area contributed by atoms with Gasteiger partial charge in [0.05, 0.1) is 40.8 Å². The minimum Gasteiger partial charge on any atom is -0.494 e. The van der Waals surface area contributed by atoms with Crippen molar-refractivity contribution in [1.82, 2.24) is 24.7 Å². The van der Waals surface area contributed by atoms with Gasteiger partial charge >= 0.3 is 0 Å². The minimum atomic E-state index is -0.879. The van der Waals surface area contributed by atoms with E-state index in [2.05, 4.69) is 25.0 Å². The summed E-state index contributed by atoms with van der Waals surface area (Å²) in [5.41, 5.74) is 4.75. The number of aryl methyl sites for hydroxylation is 2. The van der Waals surface area contributed by atoms with Gasteiger partial charge in [-0.15, -0.1) is 0 Å². The molecule has 0 amide bonds. The molecule has 0 aliphatic rings. The summed E-state index contributed by atoms with van der Waals surface area (Å²) < 4.78 is 1.73. The van der Waals surface area contributed by atoms with E-state index in [-0.39, 0.29) is 5.88 Å². The van der Waals surface area contributed by atoms with Crippen LogP contribution < -0.4 is 0 Å². The zero-order chi connectivity index (χ0) is 22.3. The van der Waals surface area contributed by atoms with Gasteiger partial charge in [0, 0.05) is 35.1 Å². The second-order valence-corrected chi connectivity index (χ2v) is 8.47. The fraction of sp³-hybridized carbons (Fsp3) is 0.304. The fourth-order valence-corrected chi connectivity index (χ4v) is 3.63. The second kappa shape index (κ2) is 7.63. The number of H-pyrrole nitrogens is 1. The Labute approximate surface area is 180 Å². The topological polar surface area (TPSA) is 112 Å². The molecule has 4 aromatic heterocycles. The van der Waals surface area contributed by atoms with Gasteiger partial charge in [-0.1, -0.05) is 0 Å². The number of pyridine rings is 2. The third kappa shape index (κ3) is 4.20. The van der Waals surface area contributed by atoms with Crippen molar-refractivity contribution in [3.63, 3.8) is 0 Å². The Bertz CT molecular complexity index is 1290. The lowest BCUT2D eigenvalue weighted by atomic mass is 10.0. The lowest BCUT2D eigenvalue weighted by Crippen LogP contribution is -2.27. The molecule has 0 aromatic carbocycles. The van der Waals surface area contributed by atoms with E-state index in [0.717, 1.165) is 33.4 Å². The third-order valence-electron chi connectivity index (χ3n) is 5.13. The summed E-state index contributed by atoms with van der Waals surface area (Å²) >= 11 is 0. The van der Waals surface area contributed by atoms with Gasteiger partial charge < -0.3 is 15.2 Å². The molecule has 4 heterocycles. The number of nitrogens with zero attached hydrogens (tertiary/aromatic N) is 5. The number of aromatic nitrogens is 5. The van der Waals surface area contributed by atoms with Crippen LogP contribution in [0.2, 0.25) is 0 Å². The summed E-state index contributed by atoms with van der Waals surface area (Å²) in [6.45, 7) is 9.61. The van der Waals surface area contributed by atoms with Crippen molar-refractivity contribution >= 4 is 22.4 Å². The van der Waals surface area contributed by atoms with Crippen molar-refractivity contribution in [2.24, 2.45) is 4.99 Å². The van der Waals surface area contributed by atoms with E-state index >= 15 is 0 Å². The molecule has 4 rings (SSSR count). The highest BCUT2D eigenvalue weighted by molar-refractivity contribution is 6.13. The zero-order valence-corrected chi connectivity index (χ0v) is 18.3. The maximum absolute atomic E-state index is 10.6. The van der Waals surface area contributed by atoms with Crippen molar-refractivity contribution in [2.75, 3.05) is 0 Å². The van der Waals surface area contributed by atoms with Crippen LogP contribution in [0.1, 0.15) is 37.6 Å². The first-order valence-corrected chi connectivity index (χ1v) is 10.1. The lowest BCUT2D eigenvalue weighted by molar-refractivity contribution is 0.0571. The second-order valence-electron chi connectivity index (χ2n) is 8.47. The average Bonchev–Trinajstić information content (AvgIpc) is 3.18. The summed E-state index contributed by atoms with van der Waals surface area (Å²) in [5, 5.41) is 26.0. The Morgan fingerprint density at radius 2 is 2.00 bits per heavy atom. The molecule has 0 spiro atoms. The van der Waals surface area contributed by atoms with E-state index in [0.29, 0.717) is 23.6 Å². The largest absolute Gasteiger partial charge is 0.494 e. The van der Waals surface area contributed by atoms with Gasteiger partial charge in [0.1, 0.15) is 0 Å². The molecule has 0 fully saturated rings. The smallest absolute Gasteiger partial charge is 0.198 e. The van der Waals surface area contributed by atoms with Crippen molar-refractivity contribution in [3.05, 3.63) is 53.6 Å². The maximum atomic E-state index is 10.6. The number of hydrogen-bond acceptors (Lipinski definition) is 6. The summed E-state index contributed by atoms with van der Waals surface area (Å²) in [4.78, 5) is 16.3. The molecule has 160 valence electrons. The maximum Gasteiger partial charge on any atom is 0.198 e. The first kappa shape index (κ1) is 20.7. The van der Waals surface area contributed by atoms with Crippen LogP contribution >= 0.6 is 0 Å². The normalized spacial score (nSPS) is 12.6. The molecular formula is C23H26N6O2. The van der Waals surface area contributed by atoms with Crippen LogP contribution in [0, 0.1) is 13.8 Å². The third-order valence-corrected chi connectivity index (χ3v) is 5.13. The molecule has 0 aliphatic heterocycles. The number of fused-ring (bicyclic) bond motifs is 1. The molecule has 31 heavy (non-hydrogen) atoms. The minimum absolute atomic E-state index is 0.0331. The summed E-state index contributed by atoms with van der Waals surface area (Å²) in [5.74, 6) is 0.552. The SMILES string of the molecule is CC(=Nc1cc(C)n(CC(C)(C)O)n1)c1c(O)[nH]c2cnc(-c3cnccc3C)cc12. The van der Waals surface area contributed by atoms with Gasteiger partial charge in [0.2, 0.25) is 0 Å². The number of nitrogens with one attached hydrogen (secondary N) is 1. The number of aliphatic hydroxyl groups is 1. The Morgan fingerprint density at radius 3 is 2.71 bits per heavy atom. The van der Waals surface area contributed by atoms with E-state index in [9.17, 15) is 10.2 Å². The summed E-state index contributed by atoms with van der Waals surface area (Å²) in [7, 11) is 0. The highest BCUT2D eigenvalue weighted by atomic mass is 16.3. The predicted octanol–water partition coefficient (Wildman–Crippen LogP) is 4.06. The van der Waals surface area contributed by atoms with E-state index in [1.54, 1.807) is 37.1 Å². The Kier molecular flexibility index (Phi) is 5.10. The van der Waals surface area contributed by atoms with E-state index in [4.69, 9.17) is 0 Å². The van der Waals surface area contributed by atoms with Gasteiger partial charge in [0.25, 0.3) is 0 Å². The Balaban J connectivity index is 1.77. The number of aromatic amines is 1. The Morgan fingerprint density at radius 1 is 1.23 bits per heavy atom. The summed E-state index contributed by atoms with van der Waals surface area (Å²) in [6.07, 6.45) is 5.24. The standard InChI is InChI=1S/C23H26N6O2/c1-13-6-7-24-10-17(13)18-9-16-19(11-25-18)27-22(30)21(16)15(3)26-20-8-14(2)29(28-20)12-23(4,5)31/h6-11,27,30-31H,12H2,1-5H3. The quantitative estimate of drug-likeness (QED) is 0.423. The number of rotatable bonds is 5. The van der Waals surface area contributed by atoms with Gasteiger partial charge in [-0.05, 0) is 52.3 Å². The molecule has 0 aliphatic carbocycles. The number of aromatic hydroxyl groups is 1. The van der Waals surface area contributed by atoms with Crippen LogP contribution in [0.3, 0.4) is 0 Å². The molecule has 0 radical (unpaired) electrons. The molecule has 8 nitrogen and oxygen atoms in total. The van der Waals surface area contributed by atoms with Crippen LogP contribution in [0.4, 0.5) is 5.82 Å². The predicted molar refractivity (Wildman–Crippen MR) is 121 cm³/mol. The highest BCUT2D eigenvalue weighted by Gasteiger charge is 2.18. The van der Waals surface area contributed by atoms with Crippen molar-refractivity contribution in [3.8, 4) is 17.1 Å². The monoisotopic (exact) mass is 418 g/mol. The van der Waals surface area contributed by atoms with Crippen molar-refractivity contribution in [1.29, 1.82) is 0 Å². The first-order chi connectivity index (χ1) is 14.6.